The van der Waals surface area contributed by atoms with Gasteiger partial charge in [-0.1, -0.05) is 24.3 Å². The molecule has 0 heterocycles. The number of nitrogens with one attached hydrogen (secondary N) is 2. The Hall–Kier alpha value is -4.09. The average Bonchev–Trinajstić information content (AvgIpc) is 2.77. The van der Waals surface area contributed by atoms with Crippen molar-refractivity contribution in [2.75, 3.05) is 19.7 Å². The second-order valence-electron chi connectivity index (χ2n) is 8.96. The average molecular weight is 521 g/mol. The molecule has 0 spiro atoms. The molecular weight excluding hydrogens is 484 g/mol. The van der Waals surface area contributed by atoms with Crippen molar-refractivity contribution in [2.45, 2.75) is 58.2 Å². The van der Waals surface area contributed by atoms with Crippen LogP contribution in [0.3, 0.4) is 0 Å². The third kappa shape index (κ3) is 10.6. The van der Waals surface area contributed by atoms with Gasteiger partial charge in [-0.25, -0.2) is 4.79 Å². The zero-order valence-electron chi connectivity index (χ0n) is 21.6. The molecule has 204 valence electrons. The van der Waals surface area contributed by atoms with Crippen LogP contribution in [0.25, 0.3) is 0 Å². The molecule has 0 bridgehead atoms. The standard InChI is InChI=1S/C25H36N4O8/c1-6-14-29(23(34)17(15-19(26)31)28-24(35)37-25(3,4)5)21(16-10-8-9-11-18(16)30)22(33)27-13-12-20(32)36-7-2/h6,8-11,17,21,30H,1,7,12-15H2,2-5H3,(H2,26,31)(H,27,33)(H,28,35). The fourth-order valence-corrected chi connectivity index (χ4v) is 3.30. The smallest absolute Gasteiger partial charge is 0.408 e. The Labute approximate surface area is 216 Å². The normalized spacial score (nSPS) is 12.4. The molecular formula is C25H36N4O8. The first-order valence-corrected chi connectivity index (χ1v) is 11.7. The summed E-state index contributed by atoms with van der Waals surface area (Å²) in [5.74, 6) is -3.26. The number of alkyl carbamates (subject to hydrolysis) is 1. The van der Waals surface area contributed by atoms with Crippen molar-refractivity contribution < 1.29 is 38.6 Å². The number of carbonyl (C=O) groups excluding carboxylic acids is 5. The lowest BCUT2D eigenvalue weighted by Crippen LogP contribution is -2.54. The molecule has 0 aliphatic heterocycles. The lowest BCUT2D eigenvalue weighted by Gasteiger charge is -2.33. The molecule has 0 fully saturated rings. The molecule has 12 heteroatoms. The Bertz CT molecular complexity index is 989. The minimum absolute atomic E-state index is 0.0708. The van der Waals surface area contributed by atoms with Crippen molar-refractivity contribution in [2.24, 2.45) is 5.73 Å². The van der Waals surface area contributed by atoms with Gasteiger partial charge in [0.2, 0.25) is 17.7 Å². The highest BCUT2D eigenvalue weighted by atomic mass is 16.6. The first-order chi connectivity index (χ1) is 17.3. The lowest BCUT2D eigenvalue weighted by atomic mass is 10.0. The zero-order chi connectivity index (χ0) is 28.2. The summed E-state index contributed by atoms with van der Waals surface area (Å²) in [5, 5.41) is 15.4. The van der Waals surface area contributed by atoms with E-state index in [1.165, 1.54) is 24.3 Å². The first-order valence-electron chi connectivity index (χ1n) is 11.7. The van der Waals surface area contributed by atoms with Crippen molar-refractivity contribution in [1.82, 2.24) is 15.5 Å². The van der Waals surface area contributed by atoms with Crippen molar-refractivity contribution >= 4 is 29.8 Å². The predicted molar refractivity (Wildman–Crippen MR) is 134 cm³/mol. The molecule has 0 radical (unpaired) electrons. The topological polar surface area (TPSA) is 177 Å². The molecule has 0 aliphatic rings. The van der Waals surface area contributed by atoms with Gasteiger partial charge in [0.05, 0.1) is 19.4 Å². The minimum atomic E-state index is -1.48. The summed E-state index contributed by atoms with van der Waals surface area (Å²) in [6.45, 7) is 10.0. The van der Waals surface area contributed by atoms with Gasteiger partial charge >= 0.3 is 12.1 Å². The maximum atomic E-state index is 13.6. The van der Waals surface area contributed by atoms with E-state index in [0.29, 0.717) is 0 Å². The summed E-state index contributed by atoms with van der Waals surface area (Å²) in [7, 11) is 0. The third-order valence-electron chi connectivity index (χ3n) is 4.73. The molecule has 0 aliphatic carbocycles. The highest BCUT2D eigenvalue weighted by Gasteiger charge is 2.37. The molecule has 1 aromatic carbocycles. The largest absolute Gasteiger partial charge is 0.508 e. The summed E-state index contributed by atoms with van der Waals surface area (Å²) < 4.78 is 10.0. The molecule has 0 saturated carbocycles. The fourth-order valence-electron chi connectivity index (χ4n) is 3.30. The van der Waals surface area contributed by atoms with Crippen LogP contribution >= 0.6 is 0 Å². The number of para-hydroxylation sites is 1. The van der Waals surface area contributed by atoms with Crippen LogP contribution in [0, 0.1) is 0 Å². The minimum Gasteiger partial charge on any atom is -0.508 e. The van der Waals surface area contributed by atoms with Crippen LogP contribution in [0.2, 0.25) is 0 Å². The SMILES string of the molecule is C=CCN(C(=O)C(CC(N)=O)NC(=O)OC(C)(C)C)C(C(=O)NCCC(=O)OCC)c1ccccc1O. The van der Waals surface area contributed by atoms with Crippen LogP contribution in [0.5, 0.6) is 5.75 Å². The molecule has 1 rings (SSSR count). The van der Waals surface area contributed by atoms with Gasteiger partial charge in [-0.3, -0.25) is 19.2 Å². The van der Waals surface area contributed by atoms with Crippen LogP contribution in [0.15, 0.2) is 36.9 Å². The number of phenols is 1. The van der Waals surface area contributed by atoms with E-state index in [1.807, 2.05) is 0 Å². The maximum absolute atomic E-state index is 13.6. The lowest BCUT2D eigenvalue weighted by molar-refractivity contribution is -0.144. The number of aromatic hydroxyl groups is 1. The van der Waals surface area contributed by atoms with Crippen LogP contribution in [0.4, 0.5) is 4.79 Å². The second-order valence-corrected chi connectivity index (χ2v) is 8.96. The Kier molecular flexibility index (Phi) is 12.1. The number of nitrogens with two attached hydrogens (primary N) is 1. The van der Waals surface area contributed by atoms with E-state index in [0.717, 1.165) is 4.90 Å². The number of rotatable bonds is 13. The van der Waals surface area contributed by atoms with Gasteiger partial charge in [0.15, 0.2) is 0 Å². The Morgan fingerprint density at radius 1 is 1.19 bits per heavy atom. The van der Waals surface area contributed by atoms with Crippen LogP contribution in [0.1, 0.15) is 52.1 Å². The van der Waals surface area contributed by atoms with Crippen molar-refractivity contribution in [3.63, 3.8) is 0 Å². The number of hydrogen-bond acceptors (Lipinski definition) is 8. The van der Waals surface area contributed by atoms with E-state index in [-0.39, 0.29) is 37.4 Å². The van der Waals surface area contributed by atoms with Gasteiger partial charge in [0, 0.05) is 18.7 Å². The van der Waals surface area contributed by atoms with Crippen LogP contribution in [-0.4, -0.2) is 71.1 Å². The van der Waals surface area contributed by atoms with Gasteiger partial charge in [-0.15, -0.1) is 6.58 Å². The van der Waals surface area contributed by atoms with Crippen LogP contribution < -0.4 is 16.4 Å². The Morgan fingerprint density at radius 3 is 2.38 bits per heavy atom. The number of primary amides is 1. The predicted octanol–water partition coefficient (Wildman–Crippen LogP) is 1.29. The zero-order valence-corrected chi connectivity index (χ0v) is 21.6. The Morgan fingerprint density at radius 2 is 1.84 bits per heavy atom. The van der Waals surface area contributed by atoms with Gasteiger partial charge in [-0.2, -0.15) is 0 Å². The van der Waals surface area contributed by atoms with E-state index in [2.05, 4.69) is 17.2 Å². The van der Waals surface area contributed by atoms with Gasteiger partial charge < -0.3 is 35.8 Å². The maximum Gasteiger partial charge on any atom is 0.408 e. The molecule has 4 amide bonds. The number of ether oxygens (including phenoxy) is 2. The monoisotopic (exact) mass is 520 g/mol. The number of phenolic OH excluding ortho intramolecular Hbond substituents is 1. The van der Waals surface area contributed by atoms with E-state index < -0.39 is 53.9 Å². The highest BCUT2D eigenvalue weighted by molar-refractivity contribution is 5.95. The number of nitrogens with zero attached hydrogens (tertiary/aromatic N) is 1. The number of amides is 4. The summed E-state index contributed by atoms with van der Waals surface area (Å²) in [5.41, 5.74) is 4.50. The van der Waals surface area contributed by atoms with E-state index in [4.69, 9.17) is 15.2 Å². The summed E-state index contributed by atoms with van der Waals surface area (Å²) in [4.78, 5) is 63.7. The van der Waals surface area contributed by atoms with Crippen molar-refractivity contribution in [1.29, 1.82) is 0 Å². The molecule has 2 unspecified atom stereocenters. The van der Waals surface area contributed by atoms with Crippen molar-refractivity contribution in [3.05, 3.63) is 42.5 Å². The summed E-state index contributed by atoms with van der Waals surface area (Å²) in [6, 6.07) is 2.99. The molecule has 37 heavy (non-hydrogen) atoms. The Balaban J connectivity index is 3.38. The number of hydrogen-bond donors (Lipinski definition) is 4. The number of carbonyl (C=O) groups is 5. The number of benzene rings is 1. The van der Waals surface area contributed by atoms with Gasteiger partial charge in [0.1, 0.15) is 23.4 Å². The highest BCUT2D eigenvalue weighted by Crippen LogP contribution is 2.30. The third-order valence-corrected chi connectivity index (χ3v) is 4.73. The van der Waals surface area contributed by atoms with Gasteiger partial charge in [-0.05, 0) is 33.8 Å². The first kappa shape index (κ1) is 30.9. The molecule has 1 aromatic rings. The molecule has 0 aromatic heterocycles. The van der Waals surface area contributed by atoms with Crippen molar-refractivity contribution in [3.8, 4) is 5.75 Å². The quantitative estimate of drug-likeness (QED) is 0.222. The van der Waals surface area contributed by atoms with Crippen LogP contribution in [-0.2, 0) is 28.7 Å². The summed E-state index contributed by atoms with van der Waals surface area (Å²) >= 11 is 0. The molecule has 0 saturated heterocycles. The summed E-state index contributed by atoms with van der Waals surface area (Å²) in [6.07, 6.45) is -0.328. The van der Waals surface area contributed by atoms with E-state index >= 15 is 0 Å². The molecule has 12 nitrogen and oxygen atoms in total. The van der Waals surface area contributed by atoms with E-state index in [1.54, 1.807) is 33.8 Å². The van der Waals surface area contributed by atoms with E-state index in [9.17, 15) is 29.1 Å². The molecule has 2 atom stereocenters. The molecule has 5 N–H and O–H groups in total. The number of esters is 1. The second kappa shape index (κ2) is 14.5. The van der Waals surface area contributed by atoms with Gasteiger partial charge in [0.25, 0.3) is 0 Å². The fraction of sp³-hybridized carbons (Fsp3) is 0.480.